The summed E-state index contributed by atoms with van der Waals surface area (Å²) in [6.07, 6.45) is 0.197. The van der Waals surface area contributed by atoms with E-state index >= 15 is 0 Å². The number of hydrogen-bond donors (Lipinski definition) is 2. The third-order valence-electron chi connectivity index (χ3n) is 1.54. The van der Waals surface area contributed by atoms with Crippen LogP contribution in [0.3, 0.4) is 0 Å². The van der Waals surface area contributed by atoms with Gasteiger partial charge in [-0.1, -0.05) is 6.07 Å². The second-order valence-corrected chi connectivity index (χ2v) is 2.59. The molecule has 7 heteroatoms. The van der Waals surface area contributed by atoms with E-state index in [0.29, 0.717) is 0 Å². The van der Waals surface area contributed by atoms with Crippen molar-refractivity contribution >= 4 is 11.7 Å². The summed E-state index contributed by atoms with van der Waals surface area (Å²) in [5.74, 6) is -3.90. The highest BCUT2D eigenvalue weighted by molar-refractivity contribution is 5.85. The fourth-order valence-corrected chi connectivity index (χ4v) is 0.801. The monoisotopic (exact) mass is 228 g/mol. The van der Waals surface area contributed by atoms with E-state index in [1.165, 1.54) is 6.07 Å². The number of carbonyl (C=O) groups is 1. The Bertz CT molecular complexity index is 472. The summed E-state index contributed by atoms with van der Waals surface area (Å²) in [5, 5.41) is 23.1. The molecule has 5 nitrogen and oxygen atoms in total. The molecule has 0 radical (unpaired) electrons. The molecule has 1 aromatic rings. The largest absolute Gasteiger partial charge is 0.513 e. The lowest BCUT2D eigenvalue weighted by Gasteiger charge is -1.96. The number of rotatable bonds is 3. The number of nitrogens with zero attached hydrogens (tertiary/aromatic N) is 2. The summed E-state index contributed by atoms with van der Waals surface area (Å²) in [6, 6.07) is 3.18. The summed E-state index contributed by atoms with van der Waals surface area (Å²) in [4.78, 5) is 10.4. The van der Waals surface area contributed by atoms with E-state index in [9.17, 15) is 13.6 Å². The summed E-state index contributed by atoms with van der Waals surface area (Å²) >= 11 is 0. The van der Waals surface area contributed by atoms with Crippen molar-refractivity contribution in [3.05, 3.63) is 41.8 Å². The SMILES string of the molecule is O=C(O)C(=CO)N=Nc1cccc(F)c1F. The highest BCUT2D eigenvalue weighted by Crippen LogP contribution is 2.20. The van der Waals surface area contributed by atoms with Gasteiger partial charge in [0.25, 0.3) is 0 Å². The van der Waals surface area contributed by atoms with E-state index in [-0.39, 0.29) is 6.26 Å². The van der Waals surface area contributed by atoms with Crippen LogP contribution in [0.5, 0.6) is 0 Å². The first-order valence-electron chi connectivity index (χ1n) is 3.99. The first-order chi connectivity index (χ1) is 7.56. The van der Waals surface area contributed by atoms with Gasteiger partial charge in [0.2, 0.25) is 5.70 Å². The number of aliphatic hydroxyl groups excluding tert-OH is 1. The average Bonchev–Trinajstić information content (AvgIpc) is 2.24. The van der Waals surface area contributed by atoms with Gasteiger partial charge in [-0.25, -0.2) is 13.6 Å². The van der Waals surface area contributed by atoms with Crippen LogP contribution in [-0.2, 0) is 4.79 Å². The van der Waals surface area contributed by atoms with Crippen LogP contribution in [0, 0.1) is 11.6 Å². The van der Waals surface area contributed by atoms with Crippen molar-refractivity contribution in [2.45, 2.75) is 0 Å². The Hall–Kier alpha value is -2.31. The molecule has 1 aromatic carbocycles. The van der Waals surface area contributed by atoms with Crippen molar-refractivity contribution < 1.29 is 23.8 Å². The molecule has 0 aliphatic rings. The van der Waals surface area contributed by atoms with Gasteiger partial charge in [-0.15, -0.1) is 10.2 Å². The van der Waals surface area contributed by atoms with Gasteiger partial charge >= 0.3 is 5.97 Å². The normalized spacial score (nSPS) is 12.0. The molecule has 84 valence electrons. The number of hydrogen-bond acceptors (Lipinski definition) is 4. The average molecular weight is 228 g/mol. The topological polar surface area (TPSA) is 82.2 Å². The van der Waals surface area contributed by atoms with Gasteiger partial charge < -0.3 is 10.2 Å². The van der Waals surface area contributed by atoms with Crippen LogP contribution < -0.4 is 0 Å². The third-order valence-corrected chi connectivity index (χ3v) is 1.54. The van der Waals surface area contributed by atoms with E-state index in [0.717, 1.165) is 12.1 Å². The lowest BCUT2D eigenvalue weighted by Crippen LogP contribution is -1.96. The number of aliphatic hydroxyl groups is 1. The van der Waals surface area contributed by atoms with Gasteiger partial charge in [-0.2, -0.15) is 0 Å². The first-order valence-corrected chi connectivity index (χ1v) is 3.99. The lowest BCUT2D eigenvalue weighted by atomic mass is 10.3. The Kier molecular flexibility index (Phi) is 3.65. The molecule has 0 saturated heterocycles. The molecule has 0 unspecified atom stereocenters. The number of halogens is 2. The van der Waals surface area contributed by atoms with E-state index in [2.05, 4.69) is 10.2 Å². The number of azo groups is 1. The van der Waals surface area contributed by atoms with Gasteiger partial charge in [0.05, 0.1) is 0 Å². The quantitative estimate of drug-likeness (QED) is 0.473. The summed E-state index contributed by atoms with van der Waals surface area (Å²) in [5.41, 5.74) is -1.25. The zero-order valence-electron chi connectivity index (χ0n) is 7.76. The highest BCUT2D eigenvalue weighted by atomic mass is 19.2. The van der Waals surface area contributed by atoms with Gasteiger partial charge in [0, 0.05) is 0 Å². The van der Waals surface area contributed by atoms with Crippen LogP contribution >= 0.6 is 0 Å². The van der Waals surface area contributed by atoms with Gasteiger partial charge in [-0.05, 0) is 12.1 Å². The van der Waals surface area contributed by atoms with E-state index in [1.54, 1.807) is 0 Å². The Morgan fingerprint density at radius 1 is 1.38 bits per heavy atom. The third kappa shape index (κ3) is 2.59. The van der Waals surface area contributed by atoms with E-state index in [4.69, 9.17) is 10.2 Å². The molecule has 0 aliphatic heterocycles. The zero-order valence-corrected chi connectivity index (χ0v) is 7.76. The summed E-state index contributed by atoms with van der Waals surface area (Å²) < 4.78 is 25.7. The molecule has 0 spiro atoms. The second-order valence-electron chi connectivity index (χ2n) is 2.59. The molecule has 0 bridgehead atoms. The smallest absolute Gasteiger partial charge is 0.359 e. The standard InChI is InChI=1S/C9H6F2N2O3/c10-5-2-1-3-6(8(5)11)12-13-7(4-14)9(15)16/h1-4,14H,(H,15,16). The number of benzene rings is 1. The van der Waals surface area contributed by atoms with Gasteiger partial charge in [-0.3, -0.25) is 0 Å². The van der Waals surface area contributed by atoms with Crippen molar-refractivity contribution in [2.75, 3.05) is 0 Å². The molecule has 1 rings (SSSR count). The second kappa shape index (κ2) is 4.96. The lowest BCUT2D eigenvalue weighted by molar-refractivity contribution is -0.132. The zero-order chi connectivity index (χ0) is 12.1. The predicted octanol–water partition coefficient (Wildman–Crippen LogP) is 2.53. The maximum atomic E-state index is 13.0. The number of carboxylic acid groups (broad SMARTS) is 1. The number of aliphatic carboxylic acids is 1. The van der Waals surface area contributed by atoms with Crippen LogP contribution in [0.1, 0.15) is 0 Å². The highest BCUT2D eigenvalue weighted by Gasteiger charge is 2.09. The molecule has 0 aliphatic carbocycles. The van der Waals surface area contributed by atoms with Crippen LogP contribution in [0.2, 0.25) is 0 Å². The molecular weight excluding hydrogens is 222 g/mol. The first kappa shape index (κ1) is 11.8. The minimum Gasteiger partial charge on any atom is -0.513 e. The Morgan fingerprint density at radius 3 is 2.62 bits per heavy atom. The van der Waals surface area contributed by atoms with Crippen LogP contribution in [0.25, 0.3) is 0 Å². The van der Waals surface area contributed by atoms with Crippen molar-refractivity contribution in [3.63, 3.8) is 0 Å². The maximum absolute atomic E-state index is 13.0. The maximum Gasteiger partial charge on any atom is 0.359 e. The molecule has 2 N–H and O–H groups in total. The van der Waals surface area contributed by atoms with Crippen molar-refractivity contribution in [3.8, 4) is 0 Å². The van der Waals surface area contributed by atoms with Gasteiger partial charge in [0.15, 0.2) is 11.6 Å². The van der Waals surface area contributed by atoms with Gasteiger partial charge in [0.1, 0.15) is 11.9 Å². The molecule has 0 saturated carbocycles. The van der Waals surface area contributed by atoms with Crippen molar-refractivity contribution in [1.29, 1.82) is 0 Å². The number of carboxylic acids is 1. The Morgan fingerprint density at radius 2 is 2.06 bits per heavy atom. The molecule has 0 heterocycles. The predicted molar refractivity (Wildman–Crippen MR) is 49.2 cm³/mol. The van der Waals surface area contributed by atoms with Crippen LogP contribution in [0.4, 0.5) is 14.5 Å². The van der Waals surface area contributed by atoms with E-state index < -0.39 is 29.0 Å². The summed E-state index contributed by atoms with van der Waals surface area (Å²) in [7, 11) is 0. The van der Waals surface area contributed by atoms with Crippen molar-refractivity contribution in [2.24, 2.45) is 10.2 Å². The molecule has 0 fully saturated rings. The fraction of sp³-hybridized carbons (Fsp3) is 0. The van der Waals surface area contributed by atoms with Crippen LogP contribution in [0.15, 0.2) is 40.4 Å². The Balaban J connectivity index is 3.01. The minimum atomic E-state index is -1.54. The summed E-state index contributed by atoms with van der Waals surface area (Å²) in [6.45, 7) is 0. The van der Waals surface area contributed by atoms with E-state index in [1.807, 2.05) is 0 Å². The molecule has 0 atom stereocenters. The fourth-order valence-electron chi connectivity index (χ4n) is 0.801. The molecule has 16 heavy (non-hydrogen) atoms. The molecule has 0 amide bonds. The minimum absolute atomic E-state index is 0.197. The molecule has 0 aromatic heterocycles. The molecular formula is C9H6F2N2O3. The Labute approximate surface area is 88.4 Å². The van der Waals surface area contributed by atoms with Crippen LogP contribution in [-0.4, -0.2) is 16.2 Å². The van der Waals surface area contributed by atoms with Crippen molar-refractivity contribution in [1.82, 2.24) is 0 Å².